The molecule has 0 spiro atoms. The largest absolute Gasteiger partial charge is 0.329 e. The first kappa shape index (κ1) is 23.2. The van der Waals surface area contributed by atoms with E-state index in [-0.39, 0.29) is 38.6 Å². The van der Waals surface area contributed by atoms with E-state index in [2.05, 4.69) is 0 Å². The average molecular weight is 429 g/mol. The second kappa shape index (κ2) is 10.7. The van der Waals surface area contributed by atoms with E-state index >= 15 is 0 Å². The molecule has 0 aliphatic heterocycles. The van der Waals surface area contributed by atoms with Crippen LogP contribution in [0.2, 0.25) is 0 Å². The first-order chi connectivity index (χ1) is 13.3. The fraction of sp³-hybridized carbons (Fsp3) is 0.474. The second-order valence-corrected chi connectivity index (χ2v) is 10.4. The summed E-state index contributed by atoms with van der Waals surface area (Å²) in [6.45, 7) is 4.67. The lowest BCUT2D eigenvalue weighted by atomic mass is 10.0. The van der Waals surface area contributed by atoms with Crippen molar-refractivity contribution in [2.75, 3.05) is 38.6 Å². The maximum absolute atomic E-state index is 12.1. The van der Waals surface area contributed by atoms with E-state index in [1.54, 1.807) is 13.8 Å². The highest BCUT2D eigenvalue weighted by molar-refractivity contribution is 7.53. The van der Waals surface area contributed by atoms with Crippen LogP contribution in [0.4, 0.5) is 0 Å². The van der Waals surface area contributed by atoms with Gasteiger partial charge in [0.15, 0.2) is 0 Å². The van der Waals surface area contributed by atoms with Crippen LogP contribution in [0.15, 0.2) is 42.5 Å². The maximum atomic E-state index is 12.1. The molecule has 2 aromatic carbocycles. The van der Waals surface area contributed by atoms with E-state index in [9.17, 15) is 18.9 Å². The van der Waals surface area contributed by atoms with E-state index < -0.39 is 15.2 Å². The summed E-state index contributed by atoms with van der Waals surface area (Å²) in [6.07, 6.45) is -0.0913. The normalized spacial score (nSPS) is 16.2. The minimum Gasteiger partial charge on any atom is -0.324 e. The minimum absolute atomic E-state index is 0.0457. The summed E-state index contributed by atoms with van der Waals surface area (Å²) in [5.74, 6) is 0. The number of hydrogen-bond donors (Lipinski definition) is 2. The van der Waals surface area contributed by atoms with Crippen LogP contribution >= 0.6 is 15.2 Å². The molecule has 2 atom stereocenters. The number of benzene rings is 2. The van der Waals surface area contributed by atoms with Crippen molar-refractivity contribution in [2.24, 2.45) is 0 Å². The minimum atomic E-state index is -3.68. The van der Waals surface area contributed by atoms with Crippen LogP contribution in [0.25, 0.3) is 10.8 Å². The quantitative estimate of drug-likeness (QED) is 0.491. The monoisotopic (exact) mass is 429 g/mol. The number of rotatable bonds is 12. The van der Waals surface area contributed by atoms with Gasteiger partial charge in [-0.25, -0.2) is 0 Å². The summed E-state index contributed by atoms with van der Waals surface area (Å²) in [5.41, 5.74) is 1.05. The Bertz CT molecular complexity index is 824. The van der Waals surface area contributed by atoms with Gasteiger partial charge in [-0.05, 0) is 30.2 Å². The highest BCUT2D eigenvalue weighted by Gasteiger charge is 2.24. The molecule has 0 aliphatic carbocycles. The Morgan fingerprint density at radius 3 is 1.96 bits per heavy atom. The number of nitrogens with zero attached hydrogens (tertiary/aromatic N) is 1. The maximum Gasteiger partial charge on any atom is 0.329 e. The van der Waals surface area contributed by atoms with Crippen LogP contribution in [0, 0.1) is 0 Å². The molecule has 0 amide bonds. The van der Waals surface area contributed by atoms with Crippen molar-refractivity contribution in [1.82, 2.24) is 4.90 Å². The zero-order valence-corrected chi connectivity index (χ0v) is 18.1. The summed E-state index contributed by atoms with van der Waals surface area (Å²) in [7, 11) is -7.36. The van der Waals surface area contributed by atoms with E-state index in [1.807, 2.05) is 47.4 Å². The predicted molar refractivity (Wildman–Crippen MR) is 112 cm³/mol. The topological polar surface area (TPSA) is 96.3 Å². The fourth-order valence-corrected chi connectivity index (χ4v) is 5.15. The standard InChI is InChI=1S/C19H29NO6P2/c1-3-25-27(21,22)14-12-20(13-15-28(23,24)26-4-2)16-18-10-7-9-17-8-5-6-11-19(17)18/h5-11H,3-4,12-16H2,1-2H3,(H,21,22)(H,23,24). The highest BCUT2D eigenvalue weighted by Crippen LogP contribution is 2.43. The third kappa shape index (κ3) is 7.41. The Hall–Kier alpha value is -1.04. The first-order valence-electron chi connectivity index (χ1n) is 9.38. The average Bonchev–Trinajstić information content (AvgIpc) is 2.64. The fourth-order valence-electron chi connectivity index (χ4n) is 3.01. The molecular weight excluding hydrogens is 400 g/mol. The van der Waals surface area contributed by atoms with Gasteiger partial charge < -0.3 is 18.8 Å². The second-order valence-electron chi connectivity index (χ2n) is 6.47. The van der Waals surface area contributed by atoms with Crippen molar-refractivity contribution in [1.29, 1.82) is 0 Å². The molecule has 0 radical (unpaired) electrons. The highest BCUT2D eigenvalue weighted by atomic mass is 31.2. The lowest BCUT2D eigenvalue weighted by Gasteiger charge is -2.25. The SMILES string of the molecule is CCOP(=O)(O)CCN(CCP(=O)(O)OCC)Cc1cccc2ccccc12. The molecule has 7 nitrogen and oxygen atoms in total. The van der Waals surface area contributed by atoms with Gasteiger partial charge in [0, 0.05) is 19.6 Å². The van der Waals surface area contributed by atoms with Gasteiger partial charge in [-0.1, -0.05) is 42.5 Å². The molecule has 2 N–H and O–H groups in total. The predicted octanol–water partition coefficient (Wildman–Crippen LogP) is 4.09. The van der Waals surface area contributed by atoms with E-state index in [1.165, 1.54) is 0 Å². The Balaban J connectivity index is 2.16. The molecule has 2 unspecified atom stereocenters. The summed E-state index contributed by atoms with van der Waals surface area (Å²) < 4.78 is 34.0. The zero-order valence-electron chi connectivity index (χ0n) is 16.4. The Kier molecular flexibility index (Phi) is 8.84. The molecule has 2 aromatic rings. The smallest absolute Gasteiger partial charge is 0.324 e. The van der Waals surface area contributed by atoms with Crippen LogP contribution in [0.1, 0.15) is 19.4 Å². The van der Waals surface area contributed by atoms with E-state index in [0.29, 0.717) is 6.54 Å². The summed E-state index contributed by atoms with van der Waals surface area (Å²) in [4.78, 5) is 21.7. The number of fused-ring (bicyclic) bond motifs is 1. The van der Waals surface area contributed by atoms with Gasteiger partial charge in [-0.3, -0.25) is 14.0 Å². The Labute approximate surface area is 166 Å². The van der Waals surface area contributed by atoms with Crippen LogP contribution in [-0.4, -0.2) is 53.3 Å². The molecule has 9 heteroatoms. The molecule has 28 heavy (non-hydrogen) atoms. The summed E-state index contributed by atoms with van der Waals surface area (Å²) >= 11 is 0. The lowest BCUT2D eigenvalue weighted by Crippen LogP contribution is -2.30. The van der Waals surface area contributed by atoms with Gasteiger partial charge in [-0.15, -0.1) is 0 Å². The summed E-state index contributed by atoms with van der Waals surface area (Å²) in [6, 6.07) is 14.0. The third-order valence-corrected chi connectivity index (χ3v) is 7.19. The number of hydrogen-bond acceptors (Lipinski definition) is 5. The first-order valence-corrected chi connectivity index (χ1v) is 12.9. The molecule has 0 heterocycles. The van der Waals surface area contributed by atoms with Crippen molar-refractivity contribution in [3.05, 3.63) is 48.0 Å². The van der Waals surface area contributed by atoms with E-state index in [4.69, 9.17) is 9.05 Å². The Morgan fingerprint density at radius 2 is 1.39 bits per heavy atom. The summed E-state index contributed by atoms with van der Waals surface area (Å²) in [5, 5.41) is 2.19. The molecule has 0 aliphatic rings. The van der Waals surface area contributed by atoms with Crippen LogP contribution in [0.5, 0.6) is 0 Å². The molecule has 0 saturated carbocycles. The van der Waals surface area contributed by atoms with Crippen LogP contribution < -0.4 is 0 Å². The van der Waals surface area contributed by atoms with Gasteiger partial charge >= 0.3 is 15.2 Å². The van der Waals surface area contributed by atoms with Crippen molar-refractivity contribution in [2.45, 2.75) is 20.4 Å². The lowest BCUT2D eigenvalue weighted by molar-refractivity contribution is 0.244. The van der Waals surface area contributed by atoms with Crippen molar-refractivity contribution in [3.8, 4) is 0 Å². The van der Waals surface area contributed by atoms with Gasteiger partial charge in [0.05, 0.1) is 25.5 Å². The van der Waals surface area contributed by atoms with Crippen molar-refractivity contribution >= 4 is 26.0 Å². The van der Waals surface area contributed by atoms with Crippen LogP contribution in [0.3, 0.4) is 0 Å². The molecule has 0 aromatic heterocycles. The third-order valence-electron chi connectivity index (χ3n) is 4.33. The molecule has 0 saturated heterocycles. The van der Waals surface area contributed by atoms with Gasteiger partial charge in [0.25, 0.3) is 0 Å². The van der Waals surface area contributed by atoms with Gasteiger partial charge in [0.2, 0.25) is 0 Å². The van der Waals surface area contributed by atoms with Crippen molar-refractivity contribution in [3.63, 3.8) is 0 Å². The van der Waals surface area contributed by atoms with Crippen LogP contribution in [-0.2, 0) is 24.7 Å². The van der Waals surface area contributed by atoms with Gasteiger partial charge in [-0.2, -0.15) is 0 Å². The molecule has 0 bridgehead atoms. The molecular formula is C19H29NO6P2. The molecule has 2 rings (SSSR count). The molecule has 0 fully saturated rings. The molecule has 156 valence electrons. The zero-order chi connectivity index (χ0) is 20.6. The van der Waals surface area contributed by atoms with E-state index in [0.717, 1.165) is 16.3 Å². The van der Waals surface area contributed by atoms with Crippen molar-refractivity contribution < 1.29 is 28.0 Å². The van der Waals surface area contributed by atoms with Gasteiger partial charge in [0.1, 0.15) is 0 Å². The Morgan fingerprint density at radius 1 is 0.857 bits per heavy atom.